The van der Waals surface area contributed by atoms with Crippen molar-refractivity contribution >= 4 is 23.4 Å². The molecule has 0 aliphatic rings. The minimum absolute atomic E-state index is 0.118. The number of rotatable bonds is 7. The highest BCUT2D eigenvalue weighted by atomic mass is 35.5. The molecule has 122 valence electrons. The Bertz CT molecular complexity index is 500. The molecule has 1 rings (SSSR count). The molecule has 0 bridgehead atoms. The first-order valence-corrected chi connectivity index (χ1v) is 8.08. The van der Waals surface area contributed by atoms with Crippen LogP contribution in [0.4, 0.5) is 0 Å². The first-order chi connectivity index (χ1) is 10.4. The van der Waals surface area contributed by atoms with Crippen molar-refractivity contribution in [1.29, 1.82) is 0 Å². The summed E-state index contributed by atoms with van der Waals surface area (Å²) >= 11 is 5.90. The molecule has 0 saturated heterocycles. The lowest BCUT2D eigenvalue weighted by atomic mass is 9.87. The van der Waals surface area contributed by atoms with Gasteiger partial charge < -0.3 is 10.6 Å². The Labute approximate surface area is 137 Å². The van der Waals surface area contributed by atoms with Crippen molar-refractivity contribution in [3.8, 4) is 0 Å². The molecule has 2 N–H and O–H groups in total. The minimum atomic E-state index is -0.549. The van der Waals surface area contributed by atoms with Crippen LogP contribution in [-0.2, 0) is 9.59 Å². The van der Waals surface area contributed by atoms with Crippen LogP contribution in [-0.4, -0.2) is 24.4 Å². The second-order valence-corrected chi connectivity index (χ2v) is 6.23. The highest BCUT2D eigenvalue weighted by molar-refractivity contribution is 6.30. The predicted octanol–water partition coefficient (Wildman–Crippen LogP) is 3.11. The zero-order valence-corrected chi connectivity index (χ0v) is 14.4. The zero-order chi connectivity index (χ0) is 16.7. The monoisotopic (exact) mass is 324 g/mol. The third kappa shape index (κ3) is 5.34. The van der Waals surface area contributed by atoms with Crippen molar-refractivity contribution in [2.75, 3.05) is 6.54 Å². The SMILES string of the molecule is CCCNC(=O)[C@@H](C)NC(=O)[C@H](c1ccc(Cl)cc1)C(C)C. The van der Waals surface area contributed by atoms with E-state index in [1.165, 1.54) is 0 Å². The highest BCUT2D eigenvalue weighted by Gasteiger charge is 2.26. The molecule has 0 saturated carbocycles. The van der Waals surface area contributed by atoms with Gasteiger partial charge in [0.1, 0.15) is 6.04 Å². The number of amides is 2. The third-order valence-corrected chi connectivity index (χ3v) is 3.73. The number of carbonyl (C=O) groups excluding carboxylic acids is 2. The average Bonchev–Trinajstić information content (AvgIpc) is 2.46. The second kappa shape index (κ2) is 8.79. The number of carbonyl (C=O) groups is 2. The van der Waals surface area contributed by atoms with Crippen LogP contribution in [0.2, 0.25) is 5.02 Å². The molecule has 0 aliphatic heterocycles. The maximum absolute atomic E-state index is 12.5. The standard InChI is InChI=1S/C17H25ClN2O2/c1-5-10-19-16(21)12(4)20-17(22)15(11(2)3)13-6-8-14(18)9-7-13/h6-9,11-12,15H,5,10H2,1-4H3,(H,19,21)(H,20,22)/t12-,15+/m1/s1. The maximum Gasteiger partial charge on any atom is 0.242 e. The summed E-state index contributed by atoms with van der Waals surface area (Å²) in [5.74, 6) is -0.490. The van der Waals surface area contributed by atoms with E-state index in [0.29, 0.717) is 11.6 Å². The molecule has 1 aromatic carbocycles. The fraction of sp³-hybridized carbons (Fsp3) is 0.529. The summed E-state index contributed by atoms with van der Waals surface area (Å²) in [4.78, 5) is 24.4. The van der Waals surface area contributed by atoms with Crippen LogP contribution in [0.15, 0.2) is 24.3 Å². The van der Waals surface area contributed by atoms with E-state index in [-0.39, 0.29) is 23.7 Å². The van der Waals surface area contributed by atoms with Crippen molar-refractivity contribution < 1.29 is 9.59 Å². The van der Waals surface area contributed by atoms with Gasteiger partial charge in [-0.1, -0.05) is 44.5 Å². The zero-order valence-electron chi connectivity index (χ0n) is 13.7. The molecule has 0 aliphatic carbocycles. The summed E-state index contributed by atoms with van der Waals surface area (Å²) in [6.45, 7) is 8.27. The fourth-order valence-corrected chi connectivity index (χ4v) is 2.41. The number of benzene rings is 1. The summed E-state index contributed by atoms with van der Waals surface area (Å²) in [6.07, 6.45) is 0.867. The van der Waals surface area contributed by atoms with E-state index >= 15 is 0 Å². The van der Waals surface area contributed by atoms with Gasteiger partial charge >= 0.3 is 0 Å². The normalized spacial score (nSPS) is 13.5. The van der Waals surface area contributed by atoms with Crippen LogP contribution in [0.5, 0.6) is 0 Å². The summed E-state index contributed by atoms with van der Waals surface area (Å²) in [7, 11) is 0. The van der Waals surface area contributed by atoms with E-state index in [9.17, 15) is 9.59 Å². The quantitative estimate of drug-likeness (QED) is 0.809. The van der Waals surface area contributed by atoms with Gasteiger partial charge in [-0.2, -0.15) is 0 Å². The van der Waals surface area contributed by atoms with E-state index in [2.05, 4.69) is 10.6 Å². The van der Waals surface area contributed by atoms with Gasteiger partial charge in [0.05, 0.1) is 5.92 Å². The van der Waals surface area contributed by atoms with Crippen molar-refractivity contribution in [2.45, 2.75) is 46.1 Å². The molecule has 0 spiro atoms. The fourth-order valence-electron chi connectivity index (χ4n) is 2.28. The lowest BCUT2D eigenvalue weighted by Gasteiger charge is -2.23. The largest absolute Gasteiger partial charge is 0.354 e. The lowest BCUT2D eigenvalue weighted by Crippen LogP contribution is -2.47. The van der Waals surface area contributed by atoms with E-state index < -0.39 is 6.04 Å². The van der Waals surface area contributed by atoms with Gasteiger partial charge in [-0.25, -0.2) is 0 Å². The van der Waals surface area contributed by atoms with Crippen LogP contribution in [0, 0.1) is 5.92 Å². The second-order valence-electron chi connectivity index (χ2n) is 5.79. The number of hydrogen-bond acceptors (Lipinski definition) is 2. The number of halogens is 1. The molecule has 0 unspecified atom stereocenters. The molecule has 0 fully saturated rings. The van der Waals surface area contributed by atoms with Crippen molar-refractivity contribution in [3.05, 3.63) is 34.9 Å². The van der Waals surface area contributed by atoms with Gasteiger partial charge in [0.2, 0.25) is 11.8 Å². The summed E-state index contributed by atoms with van der Waals surface area (Å²) in [5, 5.41) is 6.22. The smallest absolute Gasteiger partial charge is 0.242 e. The Kier molecular flexibility index (Phi) is 7.39. The Hall–Kier alpha value is -1.55. The van der Waals surface area contributed by atoms with Crippen LogP contribution in [0.25, 0.3) is 0 Å². The lowest BCUT2D eigenvalue weighted by molar-refractivity contribution is -0.129. The van der Waals surface area contributed by atoms with Crippen molar-refractivity contribution in [1.82, 2.24) is 10.6 Å². The molecule has 5 heteroatoms. The van der Waals surface area contributed by atoms with Gasteiger partial charge in [0.25, 0.3) is 0 Å². The van der Waals surface area contributed by atoms with Gasteiger partial charge in [-0.15, -0.1) is 0 Å². The van der Waals surface area contributed by atoms with E-state index in [4.69, 9.17) is 11.6 Å². The minimum Gasteiger partial charge on any atom is -0.354 e. The molecule has 0 heterocycles. The molecule has 2 amide bonds. The molecule has 4 nitrogen and oxygen atoms in total. The number of nitrogens with one attached hydrogen (secondary N) is 2. The third-order valence-electron chi connectivity index (χ3n) is 3.48. The first-order valence-electron chi connectivity index (χ1n) is 7.70. The molecule has 22 heavy (non-hydrogen) atoms. The van der Waals surface area contributed by atoms with Gasteiger partial charge in [0, 0.05) is 11.6 Å². The van der Waals surface area contributed by atoms with Gasteiger partial charge in [-0.05, 0) is 37.0 Å². The molecular weight excluding hydrogens is 300 g/mol. The predicted molar refractivity (Wildman–Crippen MR) is 89.9 cm³/mol. The molecule has 0 aromatic heterocycles. The Morgan fingerprint density at radius 3 is 2.18 bits per heavy atom. The Morgan fingerprint density at radius 1 is 1.09 bits per heavy atom. The Morgan fingerprint density at radius 2 is 1.68 bits per heavy atom. The van der Waals surface area contributed by atoms with Gasteiger partial charge in [0.15, 0.2) is 0 Å². The first kappa shape index (κ1) is 18.5. The van der Waals surface area contributed by atoms with E-state index in [1.54, 1.807) is 19.1 Å². The van der Waals surface area contributed by atoms with Crippen LogP contribution >= 0.6 is 11.6 Å². The van der Waals surface area contributed by atoms with Crippen molar-refractivity contribution in [2.24, 2.45) is 5.92 Å². The Balaban J connectivity index is 2.78. The average molecular weight is 325 g/mol. The maximum atomic E-state index is 12.5. The van der Waals surface area contributed by atoms with E-state index in [0.717, 1.165) is 12.0 Å². The molecular formula is C17H25ClN2O2. The highest BCUT2D eigenvalue weighted by Crippen LogP contribution is 2.26. The van der Waals surface area contributed by atoms with Crippen molar-refractivity contribution in [3.63, 3.8) is 0 Å². The van der Waals surface area contributed by atoms with E-state index in [1.807, 2.05) is 32.9 Å². The molecule has 1 aromatic rings. The molecule has 0 radical (unpaired) electrons. The number of hydrogen-bond donors (Lipinski definition) is 2. The van der Waals surface area contributed by atoms with Crippen LogP contribution in [0.3, 0.4) is 0 Å². The topological polar surface area (TPSA) is 58.2 Å². The van der Waals surface area contributed by atoms with Crippen LogP contribution in [0.1, 0.15) is 45.6 Å². The van der Waals surface area contributed by atoms with Crippen LogP contribution < -0.4 is 10.6 Å². The summed E-state index contributed by atoms with van der Waals surface area (Å²) in [5.41, 5.74) is 0.901. The summed E-state index contributed by atoms with van der Waals surface area (Å²) in [6, 6.07) is 6.71. The molecule has 2 atom stereocenters. The summed E-state index contributed by atoms with van der Waals surface area (Å²) < 4.78 is 0. The van der Waals surface area contributed by atoms with Gasteiger partial charge in [-0.3, -0.25) is 9.59 Å².